The smallest absolute Gasteiger partial charge is 0.350 e. The van der Waals surface area contributed by atoms with Crippen LogP contribution in [0.3, 0.4) is 0 Å². The standard InChI is InChI=1S/C26H25N3O6S/c1-14-23(25(33)35-5)36-26(27-14)29-20(15-9-11-17(12-10-15)28(2)3)19(22(31)24(29)32)21(30)16-7-6-8-18(13-16)34-4/h6-13,20,30H,1-5H3. The number of ketones is 1. The first kappa shape index (κ1) is 24.9. The van der Waals surface area contributed by atoms with Crippen molar-refractivity contribution in [2.24, 2.45) is 0 Å². The average molecular weight is 508 g/mol. The fraction of sp³-hybridized carbons (Fsp3) is 0.231. The Hall–Kier alpha value is -4.18. The fourth-order valence-corrected chi connectivity index (χ4v) is 5.00. The van der Waals surface area contributed by atoms with Crippen molar-refractivity contribution in [2.45, 2.75) is 13.0 Å². The zero-order chi connectivity index (χ0) is 26.1. The number of methoxy groups -OCH3 is 2. The minimum absolute atomic E-state index is 0.0849. The van der Waals surface area contributed by atoms with E-state index in [0.717, 1.165) is 17.0 Å². The SMILES string of the molecule is COC(=O)c1sc(N2C(=O)C(=O)C(=C(O)c3cccc(OC)c3)C2c2ccc(N(C)C)cc2)nc1C. The molecule has 1 aromatic heterocycles. The normalized spacial score (nSPS) is 16.8. The van der Waals surface area contributed by atoms with Crippen LogP contribution in [-0.4, -0.2) is 56.1 Å². The van der Waals surface area contributed by atoms with Gasteiger partial charge >= 0.3 is 11.9 Å². The molecule has 9 nitrogen and oxygen atoms in total. The van der Waals surface area contributed by atoms with E-state index in [2.05, 4.69) is 4.98 Å². The summed E-state index contributed by atoms with van der Waals surface area (Å²) in [5.74, 6) is -2.15. The van der Waals surface area contributed by atoms with Crippen LogP contribution in [0.5, 0.6) is 5.75 Å². The van der Waals surface area contributed by atoms with E-state index in [1.807, 2.05) is 31.1 Å². The Kier molecular flexibility index (Phi) is 6.80. The van der Waals surface area contributed by atoms with Crippen LogP contribution in [0.1, 0.15) is 32.5 Å². The number of carbonyl (C=O) groups is 3. The monoisotopic (exact) mass is 507 g/mol. The molecule has 3 aromatic rings. The van der Waals surface area contributed by atoms with Gasteiger partial charge in [-0.25, -0.2) is 9.78 Å². The van der Waals surface area contributed by atoms with E-state index >= 15 is 0 Å². The Morgan fingerprint density at radius 3 is 2.42 bits per heavy atom. The summed E-state index contributed by atoms with van der Waals surface area (Å²) in [5.41, 5.74) is 2.13. The van der Waals surface area contributed by atoms with Gasteiger partial charge in [-0.05, 0) is 36.8 Å². The summed E-state index contributed by atoms with van der Waals surface area (Å²) in [7, 11) is 6.55. The molecule has 1 aliphatic rings. The molecule has 1 aliphatic heterocycles. The highest BCUT2D eigenvalue weighted by molar-refractivity contribution is 7.17. The summed E-state index contributed by atoms with van der Waals surface area (Å²) in [4.78, 5) is 46.6. The van der Waals surface area contributed by atoms with Crippen LogP contribution in [0.4, 0.5) is 10.8 Å². The Bertz CT molecular complexity index is 1380. The molecule has 186 valence electrons. The molecule has 1 saturated heterocycles. The number of anilines is 2. The van der Waals surface area contributed by atoms with E-state index in [0.29, 0.717) is 22.6 Å². The molecule has 2 aromatic carbocycles. The Morgan fingerprint density at radius 2 is 1.81 bits per heavy atom. The lowest BCUT2D eigenvalue weighted by Gasteiger charge is -2.23. The first-order chi connectivity index (χ1) is 17.2. The maximum Gasteiger partial charge on any atom is 0.350 e. The number of aliphatic hydroxyl groups is 1. The van der Waals surface area contributed by atoms with Gasteiger partial charge in [0.2, 0.25) is 0 Å². The zero-order valence-corrected chi connectivity index (χ0v) is 21.3. The summed E-state index contributed by atoms with van der Waals surface area (Å²) >= 11 is 0.952. The number of ether oxygens (including phenoxy) is 2. The number of nitrogens with zero attached hydrogens (tertiary/aromatic N) is 3. The third-order valence-electron chi connectivity index (χ3n) is 5.88. The third kappa shape index (κ3) is 4.31. The molecule has 2 heterocycles. The lowest BCUT2D eigenvalue weighted by Crippen LogP contribution is -2.29. The second-order valence-corrected chi connectivity index (χ2v) is 9.27. The number of carbonyl (C=O) groups excluding carboxylic acids is 3. The van der Waals surface area contributed by atoms with Crippen LogP contribution in [0.2, 0.25) is 0 Å². The summed E-state index contributed by atoms with van der Waals surface area (Å²) in [6.07, 6.45) is 0. The van der Waals surface area contributed by atoms with Gasteiger partial charge in [0.1, 0.15) is 16.4 Å². The van der Waals surface area contributed by atoms with Gasteiger partial charge in [0.05, 0.1) is 31.5 Å². The third-order valence-corrected chi connectivity index (χ3v) is 7.01. The number of aryl methyl sites for hydroxylation is 1. The second kappa shape index (κ2) is 9.82. The highest BCUT2D eigenvalue weighted by Crippen LogP contribution is 2.44. The number of hydrogen-bond donors (Lipinski definition) is 1. The fourth-order valence-electron chi connectivity index (χ4n) is 3.99. The van der Waals surface area contributed by atoms with Crippen LogP contribution < -0.4 is 14.5 Å². The summed E-state index contributed by atoms with van der Waals surface area (Å²) in [6.45, 7) is 1.62. The number of rotatable bonds is 6. The Labute approximate surface area is 212 Å². The molecule has 10 heteroatoms. The predicted molar refractivity (Wildman–Crippen MR) is 137 cm³/mol. The number of aliphatic hydroxyl groups excluding tert-OH is 1. The lowest BCUT2D eigenvalue weighted by atomic mass is 9.95. The lowest BCUT2D eigenvalue weighted by molar-refractivity contribution is -0.132. The van der Waals surface area contributed by atoms with E-state index in [1.54, 1.807) is 43.3 Å². The molecule has 0 saturated carbocycles. The van der Waals surface area contributed by atoms with E-state index in [4.69, 9.17) is 9.47 Å². The number of hydrogen-bond acceptors (Lipinski definition) is 9. The van der Waals surface area contributed by atoms with Crippen LogP contribution in [0, 0.1) is 6.92 Å². The van der Waals surface area contributed by atoms with Crippen molar-refractivity contribution in [3.8, 4) is 5.75 Å². The van der Waals surface area contributed by atoms with Crippen molar-refractivity contribution in [3.05, 3.63) is 75.8 Å². The summed E-state index contributed by atoms with van der Waals surface area (Å²) in [6, 6.07) is 12.9. The van der Waals surface area contributed by atoms with E-state index in [1.165, 1.54) is 19.1 Å². The first-order valence-electron chi connectivity index (χ1n) is 11.0. The van der Waals surface area contributed by atoms with Gasteiger partial charge in [0.25, 0.3) is 5.78 Å². The van der Waals surface area contributed by atoms with Crippen molar-refractivity contribution in [3.63, 3.8) is 0 Å². The van der Waals surface area contributed by atoms with Crippen molar-refractivity contribution in [2.75, 3.05) is 38.1 Å². The highest BCUT2D eigenvalue weighted by Gasteiger charge is 2.48. The molecular formula is C26H25N3O6S. The van der Waals surface area contributed by atoms with Gasteiger partial charge in [-0.15, -0.1) is 0 Å². The molecule has 1 unspecified atom stereocenters. The second-order valence-electron chi connectivity index (χ2n) is 8.29. The molecular weight excluding hydrogens is 482 g/mol. The molecule has 1 fully saturated rings. The molecule has 0 aliphatic carbocycles. The Morgan fingerprint density at radius 1 is 1.11 bits per heavy atom. The van der Waals surface area contributed by atoms with Gasteiger partial charge in [0.15, 0.2) is 5.13 Å². The van der Waals surface area contributed by atoms with Gasteiger partial charge < -0.3 is 19.5 Å². The van der Waals surface area contributed by atoms with E-state index in [9.17, 15) is 19.5 Å². The quantitative estimate of drug-likeness (QED) is 0.231. The summed E-state index contributed by atoms with van der Waals surface area (Å²) in [5, 5.41) is 11.4. The van der Waals surface area contributed by atoms with Crippen molar-refractivity contribution >= 4 is 45.6 Å². The first-order valence-corrected chi connectivity index (χ1v) is 11.8. The molecule has 0 bridgehead atoms. The summed E-state index contributed by atoms with van der Waals surface area (Å²) < 4.78 is 10.1. The molecule has 1 atom stereocenters. The average Bonchev–Trinajstić information content (AvgIpc) is 3.39. The van der Waals surface area contributed by atoms with Gasteiger partial charge in [0, 0.05) is 25.3 Å². The van der Waals surface area contributed by atoms with Crippen molar-refractivity contribution in [1.82, 2.24) is 4.98 Å². The zero-order valence-electron chi connectivity index (χ0n) is 20.4. The number of aromatic nitrogens is 1. The number of Topliss-reactive ketones (excluding diaryl/α,β-unsaturated/α-hetero) is 1. The van der Waals surface area contributed by atoms with Gasteiger partial charge in [-0.3, -0.25) is 14.5 Å². The van der Waals surface area contributed by atoms with Crippen LogP contribution in [0.25, 0.3) is 5.76 Å². The molecule has 1 N–H and O–H groups in total. The van der Waals surface area contributed by atoms with Crippen LogP contribution in [-0.2, 0) is 14.3 Å². The van der Waals surface area contributed by atoms with Crippen molar-refractivity contribution in [1.29, 1.82) is 0 Å². The highest BCUT2D eigenvalue weighted by atomic mass is 32.1. The molecule has 36 heavy (non-hydrogen) atoms. The largest absolute Gasteiger partial charge is 0.507 e. The minimum atomic E-state index is -0.969. The van der Waals surface area contributed by atoms with Crippen molar-refractivity contribution < 1.29 is 29.0 Å². The minimum Gasteiger partial charge on any atom is -0.507 e. The maximum absolute atomic E-state index is 13.3. The Balaban J connectivity index is 1.93. The molecule has 4 rings (SSSR count). The molecule has 0 radical (unpaired) electrons. The number of amides is 1. The number of thiazole rings is 1. The predicted octanol–water partition coefficient (Wildman–Crippen LogP) is 3.94. The van der Waals surface area contributed by atoms with Gasteiger partial charge in [-0.1, -0.05) is 35.6 Å². The number of benzene rings is 2. The van der Waals surface area contributed by atoms with Crippen LogP contribution in [0.15, 0.2) is 54.1 Å². The molecule has 1 amide bonds. The number of esters is 1. The van der Waals surface area contributed by atoms with E-state index < -0.39 is 23.7 Å². The topological polar surface area (TPSA) is 109 Å². The maximum atomic E-state index is 13.3. The van der Waals surface area contributed by atoms with Gasteiger partial charge in [-0.2, -0.15) is 0 Å². The molecule has 0 spiro atoms. The van der Waals surface area contributed by atoms with E-state index in [-0.39, 0.29) is 21.3 Å². The van der Waals surface area contributed by atoms with Crippen LogP contribution >= 0.6 is 11.3 Å².